The lowest BCUT2D eigenvalue weighted by atomic mass is 9.98. The number of hydrogen-bond acceptors (Lipinski definition) is 2. The summed E-state index contributed by atoms with van der Waals surface area (Å²) in [7, 11) is 0. The Morgan fingerprint density at radius 2 is 2.10 bits per heavy atom. The van der Waals surface area contributed by atoms with E-state index in [9.17, 15) is 4.39 Å². The molecule has 1 aromatic rings. The molecule has 0 aliphatic carbocycles. The van der Waals surface area contributed by atoms with Crippen molar-refractivity contribution in [3.05, 3.63) is 46.8 Å². The molecule has 2 nitrogen and oxygen atoms in total. The molecule has 0 bridgehead atoms. The van der Waals surface area contributed by atoms with Crippen molar-refractivity contribution < 1.29 is 4.39 Å². The van der Waals surface area contributed by atoms with Crippen molar-refractivity contribution in [2.75, 3.05) is 26.2 Å². The molecule has 112 valence electrons. The van der Waals surface area contributed by atoms with E-state index in [1.807, 2.05) is 6.08 Å². The van der Waals surface area contributed by atoms with Crippen LogP contribution >= 0.6 is 24.0 Å². The molecule has 0 radical (unpaired) electrons. The van der Waals surface area contributed by atoms with Crippen molar-refractivity contribution in [3.63, 3.8) is 0 Å². The van der Waals surface area contributed by atoms with E-state index < -0.39 is 0 Å². The molecule has 1 N–H and O–H groups in total. The smallest absolute Gasteiger partial charge is 0.132 e. The third kappa shape index (κ3) is 3.73. The molecule has 1 saturated heterocycles. The lowest BCUT2D eigenvalue weighted by Crippen LogP contribution is -2.45. The minimum atomic E-state index is -0.183. The van der Waals surface area contributed by atoms with Crippen molar-refractivity contribution in [1.82, 2.24) is 10.2 Å². The number of nitrogens with zero attached hydrogens (tertiary/aromatic N) is 1. The van der Waals surface area contributed by atoms with Crippen LogP contribution in [0, 0.1) is 12.7 Å². The third-order valence-corrected chi connectivity index (χ3v) is 3.96. The molecule has 1 heterocycles. The molecule has 0 amide bonds. The van der Waals surface area contributed by atoms with Crippen molar-refractivity contribution in [1.29, 1.82) is 0 Å². The minimum absolute atomic E-state index is 0. The highest BCUT2D eigenvalue weighted by Gasteiger charge is 2.26. The molecular weight excluding hydrogens is 298 g/mol. The Morgan fingerprint density at radius 1 is 1.45 bits per heavy atom. The Morgan fingerprint density at radius 3 is 2.70 bits per heavy atom. The molecule has 0 aromatic heterocycles. The number of halogens is 3. The van der Waals surface area contributed by atoms with Crippen LogP contribution in [0.1, 0.15) is 23.6 Å². The molecule has 1 fully saturated rings. The lowest BCUT2D eigenvalue weighted by molar-refractivity contribution is 0.171. The first kappa shape index (κ1) is 17.4. The van der Waals surface area contributed by atoms with Crippen molar-refractivity contribution in [2.24, 2.45) is 0 Å². The van der Waals surface area contributed by atoms with Gasteiger partial charge in [-0.1, -0.05) is 23.7 Å². The number of aryl methyl sites for hydroxylation is 1. The summed E-state index contributed by atoms with van der Waals surface area (Å²) >= 11 is 6.23. The summed E-state index contributed by atoms with van der Waals surface area (Å²) in [4.78, 5) is 2.28. The van der Waals surface area contributed by atoms with Crippen LogP contribution in [0.3, 0.4) is 0 Å². The summed E-state index contributed by atoms with van der Waals surface area (Å²) in [6.07, 6.45) is 2.55. The van der Waals surface area contributed by atoms with E-state index in [0.29, 0.717) is 22.6 Å². The van der Waals surface area contributed by atoms with Gasteiger partial charge in [-0.15, -0.1) is 19.0 Å². The quantitative estimate of drug-likeness (QED) is 0.851. The van der Waals surface area contributed by atoms with Gasteiger partial charge in [-0.2, -0.15) is 0 Å². The molecule has 1 aromatic carbocycles. The van der Waals surface area contributed by atoms with Crippen LogP contribution in [0.25, 0.3) is 0 Å². The second kappa shape index (κ2) is 7.99. The van der Waals surface area contributed by atoms with Crippen LogP contribution in [0.4, 0.5) is 4.39 Å². The van der Waals surface area contributed by atoms with Gasteiger partial charge in [-0.05, 0) is 25.0 Å². The molecule has 1 aliphatic heterocycles. The van der Waals surface area contributed by atoms with Gasteiger partial charge in [-0.25, -0.2) is 4.39 Å². The van der Waals surface area contributed by atoms with Gasteiger partial charge in [0.05, 0.1) is 0 Å². The highest BCUT2D eigenvalue weighted by molar-refractivity contribution is 6.31. The molecule has 5 heteroatoms. The van der Waals surface area contributed by atoms with Crippen LogP contribution in [-0.2, 0) is 0 Å². The van der Waals surface area contributed by atoms with Gasteiger partial charge < -0.3 is 5.32 Å². The lowest BCUT2D eigenvalue weighted by Gasteiger charge is -2.35. The highest BCUT2D eigenvalue weighted by Crippen LogP contribution is 2.34. The zero-order valence-corrected chi connectivity index (χ0v) is 13.2. The zero-order chi connectivity index (χ0) is 13.8. The fourth-order valence-corrected chi connectivity index (χ4v) is 2.86. The van der Waals surface area contributed by atoms with Gasteiger partial charge >= 0.3 is 0 Å². The maximum absolute atomic E-state index is 14.4. The molecule has 1 atom stereocenters. The fourth-order valence-electron chi connectivity index (χ4n) is 2.58. The summed E-state index contributed by atoms with van der Waals surface area (Å²) in [5.74, 6) is -0.183. The summed E-state index contributed by atoms with van der Waals surface area (Å²) in [6.45, 7) is 9.24. The predicted octanol–water partition coefficient (Wildman–Crippen LogP) is 3.73. The van der Waals surface area contributed by atoms with E-state index in [2.05, 4.69) is 16.8 Å². The van der Waals surface area contributed by atoms with Gasteiger partial charge in [0.2, 0.25) is 0 Å². The third-order valence-electron chi connectivity index (χ3n) is 3.64. The summed E-state index contributed by atoms with van der Waals surface area (Å²) in [6, 6.07) is 3.49. The standard InChI is InChI=1S/C15H20ClFN2.ClH/c1-3-4-13(19-9-7-18-8-10-19)14-12(16)6-5-11(2)15(14)17;/h3,5-6,13,18H,1,4,7-10H2,2H3;1H/t13-;/m0./s1. The Hall–Kier alpha value is -0.610. The Labute approximate surface area is 131 Å². The first-order valence-corrected chi connectivity index (χ1v) is 7.03. The van der Waals surface area contributed by atoms with E-state index >= 15 is 0 Å². The Balaban J connectivity index is 0.00000200. The number of rotatable bonds is 4. The van der Waals surface area contributed by atoms with E-state index in [1.165, 1.54) is 0 Å². The zero-order valence-electron chi connectivity index (χ0n) is 11.7. The topological polar surface area (TPSA) is 15.3 Å². The van der Waals surface area contributed by atoms with Crippen LogP contribution < -0.4 is 5.32 Å². The molecule has 1 aliphatic rings. The highest BCUT2D eigenvalue weighted by atomic mass is 35.5. The van der Waals surface area contributed by atoms with E-state index in [1.54, 1.807) is 19.1 Å². The predicted molar refractivity (Wildman–Crippen MR) is 85.4 cm³/mol. The average Bonchev–Trinajstić information content (AvgIpc) is 2.43. The summed E-state index contributed by atoms with van der Waals surface area (Å²) < 4.78 is 14.4. The largest absolute Gasteiger partial charge is 0.314 e. The van der Waals surface area contributed by atoms with Gasteiger partial charge in [0.15, 0.2) is 0 Å². The van der Waals surface area contributed by atoms with Crippen molar-refractivity contribution >= 4 is 24.0 Å². The van der Waals surface area contributed by atoms with Crippen molar-refractivity contribution in [3.8, 4) is 0 Å². The fraction of sp³-hybridized carbons (Fsp3) is 0.467. The molecular formula is C15H21Cl2FN2. The van der Waals surface area contributed by atoms with Crippen LogP contribution in [0.2, 0.25) is 5.02 Å². The maximum Gasteiger partial charge on any atom is 0.132 e. The first-order chi connectivity index (χ1) is 9.15. The Bertz CT molecular complexity index is 459. The van der Waals surface area contributed by atoms with Gasteiger partial charge in [-0.3, -0.25) is 4.90 Å². The molecule has 0 spiro atoms. The second-order valence-electron chi connectivity index (χ2n) is 4.92. The van der Waals surface area contributed by atoms with E-state index in [0.717, 1.165) is 26.2 Å². The van der Waals surface area contributed by atoms with Gasteiger partial charge in [0.1, 0.15) is 5.82 Å². The van der Waals surface area contributed by atoms with Gasteiger partial charge in [0.25, 0.3) is 0 Å². The number of hydrogen-bond donors (Lipinski definition) is 1. The monoisotopic (exact) mass is 318 g/mol. The van der Waals surface area contributed by atoms with E-state index in [4.69, 9.17) is 11.6 Å². The molecule has 2 rings (SSSR count). The Kier molecular flexibility index (Phi) is 6.96. The first-order valence-electron chi connectivity index (χ1n) is 6.65. The number of benzene rings is 1. The number of nitrogens with one attached hydrogen (secondary N) is 1. The van der Waals surface area contributed by atoms with Crippen LogP contribution in [0.15, 0.2) is 24.8 Å². The molecule has 0 unspecified atom stereocenters. The van der Waals surface area contributed by atoms with Crippen LogP contribution in [0.5, 0.6) is 0 Å². The molecule has 0 saturated carbocycles. The SMILES string of the molecule is C=CC[C@@H](c1c(Cl)ccc(C)c1F)N1CCNCC1.Cl. The maximum atomic E-state index is 14.4. The second-order valence-corrected chi connectivity index (χ2v) is 5.33. The summed E-state index contributed by atoms with van der Waals surface area (Å²) in [5.41, 5.74) is 1.26. The summed E-state index contributed by atoms with van der Waals surface area (Å²) in [5, 5.41) is 3.82. The molecule has 20 heavy (non-hydrogen) atoms. The minimum Gasteiger partial charge on any atom is -0.314 e. The normalized spacial score (nSPS) is 17.4. The average molecular weight is 319 g/mol. The van der Waals surface area contributed by atoms with E-state index in [-0.39, 0.29) is 24.3 Å². The number of piperazine rings is 1. The van der Waals surface area contributed by atoms with Crippen molar-refractivity contribution in [2.45, 2.75) is 19.4 Å². The van der Waals surface area contributed by atoms with Gasteiger partial charge in [0, 0.05) is 42.8 Å². The van der Waals surface area contributed by atoms with Crippen LogP contribution in [-0.4, -0.2) is 31.1 Å².